The van der Waals surface area contributed by atoms with Crippen LogP contribution in [0.4, 0.5) is 22.7 Å². The zero-order chi connectivity index (χ0) is 52.4. The molecular formula is C70H70N4O. The molecule has 5 nitrogen and oxygen atoms in total. The maximum absolute atomic E-state index is 6.92. The van der Waals surface area contributed by atoms with E-state index in [2.05, 4.69) is 285 Å². The van der Waals surface area contributed by atoms with Crippen LogP contribution in [0.3, 0.4) is 0 Å². The van der Waals surface area contributed by atoms with Crippen molar-refractivity contribution in [2.75, 3.05) is 16.5 Å². The van der Waals surface area contributed by atoms with Crippen LogP contribution in [0.25, 0.3) is 38.8 Å². The lowest BCUT2D eigenvalue weighted by molar-refractivity contribution is 0.483. The van der Waals surface area contributed by atoms with Gasteiger partial charge in [-0.3, -0.25) is 4.57 Å². The van der Waals surface area contributed by atoms with Crippen LogP contribution in [0.15, 0.2) is 200 Å². The Morgan fingerprint density at radius 2 is 1.03 bits per heavy atom. The third kappa shape index (κ3) is 9.07. The van der Waals surface area contributed by atoms with Crippen molar-refractivity contribution < 1.29 is 4.74 Å². The van der Waals surface area contributed by atoms with Gasteiger partial charge in [-0.05, 0) is 134 Å². The molecule has 8 aromatic carbocycles. The molecule has 10 aromatic rings. The van der Waals surface area contributed by atoms with E-state index in [0.717, 1.165) is 50.8 Å². The Balaban J connectivity index is 1.04. The molecule has 75 heavy (non-hydrogen) atoms. The molecule has 0 radical (unpaired) electrons. The van der Waals surface area contributed by atoms with Crippen LogP contribution < -0.4 is 14.5 Å². The normalized spacial score (nSPS) is 13.1. The smallest absolute Gasteiger partial charge is 0.137 e. The van der Waals surface area contributed by atoms with Gasteiger partial charge in [0.05, 0.1) is 22.4 Å². The number of benzene rings is 8. The van der Waals surface area contributed by atoms with E-state index in [4.69, 9.17) is 9.72 Å². The Morgan fingerprint density at radius 1 is 0.440 bits per heavy atom. The van der Waals surface area contributed by atoms with Crippen LogP contribution in [-0.4, -0.2) is 16.2 Å². The van der Waals surface area contributed by atoms with Gasteiger partial charge in [0.25, 0.3) is 0 Å². The van der Waals surface area contributed by atoms with Gasteiger partial charge in [0, 0.05) is 51.3 Å². The minimum absolute atomic E-state index is 0.0209. The van der Waals surface area contributed by atoms with Gasteiger partial charge in [-0.2, -0.15) is 0 Å². The number of aromatic nitrogens is 2. The van der Waals surface area contributed by atoms with Gasteiger partial charge in [-0.15, -0.1) is 0 Å². The molecule has 1 aliphatic heterocycles. The lowest BCUT2D eigenvalue weighted by Gasteiger charge is -2.33. The summed E-state index contributed by atoms with van der Waals surface area (Å²) in [7, 11) is 0. The Kier molecular flexibility index (Phi) is 12.6. The number of anilines is 4. The van der Waals surface area contributed by atoms with Crippen molar-refractivity contribution in [2.24, 2.45) is 0 Å². The van der Waals surface area contributed by atoms with Crippen molar-refractivity contribution >= 4 is 44.6 Å². The highest BCUT2D eigenvalue weighted by Gasteiger charge is 2.34. The molecule has 0 amide bonds. The molecule has 11 rings (SSSR count). The van der Waals surface area contributed by atoms with E-state index in [0.29, 0.717) is 18.5 Å². The fraction of sp³-hybridized carbons (Fsp3) is 0.243. The summed E-state index contributed by atoms with van der Waals surface area (Å²) in [5.41, 5.74) is 17.8. The number of hydrogen-bond donors (Lipinski definition) is 0. The quantitative estimate of drug-likeness (QED) is 0.122. The summed E-state index contributed by atoms with van der Waals surface area (Å²) in [4.78, 5) is 9.93. The first kappa shape index (κ1) is 49.3. The lowest BCUT2D eigenvalue weighted by atomic mass is 9.73. The largest absolute Gasteiger partial charge is 0.457 e. The highest BCUT2D eigenvalue weighted by atomic mass is 16.5. The Morgan fingerprint density at radius 3 is 1.67 bits per heavy atom. The molecule has 0 atom stereocenters. The molecule has 1 aliphatic rings. The molecular weight excluding hydrogens is 913 g/mol. The number of hydrogen-bond acceptors (Lipinski definition) is 4. The number of nitrogens with zero attached hydrogens (tertiary/aromatic N) is 4. The summed E-state index contributed by atoms with van der Waals surface area (Å²) >= 11 is 0. The summed E-state index contributed by atoms with van der Waals surface area (Å²) in [6.45, 7) is 26.1. The second kappa shape index (κ2) is 19.1. The summed E-state index contributed by atoms with van der Waals surface area (Å²) in [5.74, 6) is 3.15. The van der Waals surface area contributed by atoms with Crippen molar-refractivity contribution in [3.8, 4) is 28.4 Å². The zero-order valence-electron chi connectivity index (χ0n) is 45.6. The minimum Gasteiger partial charge on any atom is -0.457 e. The second-order valence-corrected chi connectivity index (χ2v) is 23.4. The Labute approximate surface area is 445 Å². The maximum Gasteiger partial charge on any atom is 0.137 e. The van der Waals surface area contributed by atoms with E-state index in [1.807, 2.05) is 6.20 Å². The minimum atomic E-state index is -0.277. The standard InChI is InChI=1S/C70H70N4O/c1-46(2)58-29-21-30-59(47(3)4)67(58)48-32-35-63-65(38-48)73(55-40-52(69(8,9)49-22-14-12-15-23-49)39-53(41-55)70(10,11)50-24-16-13-17-25-50)45-72(63)54-26-20-27-56(43-54)75-57-33-34-61-60-28-18-19-31-62(60)74(64(61)44-57)66-42-51(36-37-71-66)68(5,6)7/h12-44,46-47H,45H2,1-11H3. The second-order valence-electron chi connectivity index (χ2n) is 23.4. The van der Waals surface area contributed by atoms with Crippen LogP contribution in [0.2, 0.25) is 0 Å². The van der Waals surface area contributed by atoms with Crippen LogP contribution in [0, 0.1) is 0 Å². The molecule has 3 heterocycles. The fourth-order valence-electron chi connectivity index (χ4n) is 11.4. The third-order valence-corrected chi connectivity index (χ3v) is 16.0. The molecule has 376 valence electrons. The monoisotopic (exact) mass is 983 g/mol. The molecule has 0 saturated heterocycles. The first-order valence-corrected chi connectivity index (χ1v) is 26.8. The predicted octanol–water partition coefficient (Wildman–Crippen LogP) is 19.1. The molecule has 0 spiro atoms. The van der Waals surface area contributed by atoms with Gasteiger partial charge in [0.15, 0.2) is 0 Å². The van der Waals surface area contributed by atoms with E-state index in [1.54, 1.807) is 0 Å². The number of rotatable bonds is 12. The molecule has 0 bridgehead atoms. The van der Waals surface area contributed by atoms with E-state index < -0.39 is 0 Å². The van der Waals surface area contributed by atoms with Gasteiger partial charge in [0.1, 0.15) is 24.0 Å². The third-order valence-electron chi connectivity index (χ3n) is 16.0. The summed E-state index contributed by atoms with van der Waals surface area (Å²) in [6, 6.07) is 71.3. The van der Waals surface area contributed by atoms with Crippen molar-refractivity contribution in [3.63, 3.8) is 0 Å². The number of fused-ring (bicyclic) bond motifs is 4. The van der Waals surface area contributed by atoms with Crippen molar-refractivity contribution in [3.05, 3.63) is 239 Å². The van der Waals surface area contributed by atoms with Crippen molar-refractivity contribution in [1.29, 1.82) is 0 Å². The van der Waals surface area contributed by atoms with E-state index in [-0.39, 0.29) is 16.2 Å². The molecule has 0 N–H and O–H groups in total. The van der Waals surface area contributed by atoms with Crippen molar-refractivity contribution in [1.82, 2.24) is 9.55 Å². The molecule has 0 fully saturated rings. The summed E-state index contributed by atoms with van der Waals surface area (Å²) in [5, 5.41) is 2.34. The van der Waals surface area contributed by atoms with Crippen LogP contribution >= 0.6 is 0 Å². The molecule has 5 heteroatoms. The van der Waals surface area contributed by atoms with Gasteiger partial charge in [-0.1, -0.05) is 191 Å². The van der Waals surface area contributed by atoms with Crippen molar-refractivity contribution in [2.45, 2.75) is 104 Å². The van der Waals surface area contributed by atoms with Gasteiger partial charge in [0.2, 0.25) is 0 Å². The summed E-state index contributed by atoms with van der Waals surface area (Å²) < 4.78 is 9.19. The number of para-hydroxylation sites is 1. The molecule has 0 saturated carbocycles. The van der Waals surface area contributed by atoms with Crippen LogP contribution in [0.5, 0.6) is 11.5 Å². The molecule has 0 aliphatic carbocycles. The number of ether oxygens (including phenoxy) is 1. The predicted molar refractivity (Wildman–Crippen MR) is 317 cm³/mol. The maximum atomic E-state index is 6.92. The Hall–Kier alpha value is -7.89. The molecule has 0 unspecified atom stereocenters. The lowest BCUT2D eigenvalue weighted by Crippen LogP contribution is -2.27. The first-order valence-electron chi connectivity index (χ1n) is 26.8. The highest BCUT2D eigenvalue weighted by molar-refractivity contribution is 6.09. The van der Waals surface area contributed by atoms with Gasteiger partial charge >= 0.3 is 0 Å². The van der Waals surface area contributed by atoms with Gasteiger partial charge < -0.3 is 14.5 Å². The highest BCUT2D eigenvalue weighted by Crippen LogP contribution is 2.50. The molecule has 2 aromatic heterocycles. The van der Waals surface area contributed by atoms with Crippen LogP contribution in [-0.2, 0) is 16.2 Å². The average Bonchev–Trinajstić information content (AvgIpc) is 4.00. The van der Waals surface area contributed by atoms with E-state index in [1.165, 1.54) is 61.1 Å². The Bertz CT molecular complexity index is 3630. The first-order chi connectivity index (χ1) is 36.0. The SMILES string of the molecule is CC(C)c1cccc(C(C)C)c1-c1ccc2c(c1)N(c1cc(C(C)(C)c3ccccc3)cc(C(C)(C)c3ccccc3)c1)CN2c1cccc(Oc2ccc3c4ccccc4n(-c4cc(C(C)(C)C)ccn4)c3c2)c1. The zero-order valence-corrected chi connectivity index (χ0v) is 45.6. The van der Waals surface area contributed by atoms with E-state index in [9.17, 15) is 0 Å². The number of pyridine rings is 1. The van der Waals surface area contributed by atoms with Crippen LogP contribution in [0.1, 0.15) is 127 Å². The van der Waals surface area contributed by atoms with E-state index >= 15 is 0 Å². The van der Waals surface area contributed by atoms with Gasteiger partial charge in [-0.25, -0.2) is 4.98 Å². The summed E-state index contributed by atoms with van der Waals surface area (Å²) in [6.07, 6.45) is 1.93. The topological polar surface area (TPSA) is 33.5 Å². The average molecular weight is 983 g/mol. The fourth-order valence-corrected chi connectivity index (χ4v) is 11.4.